The highest BCUT2D eigenvalue weighted by atomic mass is 16.5. The van der Waals surface area contributed by atoms with E-state index in [1.807, 2.05) is 36.5 Å². The number of hydrogen-bond donors (Lipinski definition) is 0. The Morgan fingerprint density at radius 2 is 1.63 bits per heavy atom. The summed E-state index contributed by atoms with van der Waals surface area (Å²) >= 11 is 0. The number of para-hydroxylation sites is 1. The Morgan fingerprint density at radius 1 is 0.900 bits per heavy atom. The Labute approximate surface area is 177 Å². The van der Waals surface area contributed by atoms with Gasteiger partial charge in [0.05, 0.1) is 5.52 Å². The fourth-order valence-corrected chi connectivity index (χ4v) is 4.77. The van der Waals surface area contributed by atoms with E-state index in [2.05, 4.69) is 34.1 Å². The number of amides is 1. The Hall–Kier alpha value is -2.88. The maximum Gasteiger partial charge on any atom is 0.225 e. The molecule has 1 amide bonds. The number of pyridine rings is 1. The minimum absolute atomic E-state index is 0.186. The molecule has 1 aliphatic heterocycles. The van der Waals surface area contributed by atoms with Crippen LogP contribution in [0.15, 0.2) is 60.8 Å². The zero-order chi connectivity index (χ0) is 20.3. The van der Waals surface area contributed by atoms with Gasteiger partial charge >= 0.3 is 0 Å². The molecule has 1 saturated heterocycles. The maximum absolute atomic E-state index is 12.6. The number of nitrogens with zero attached hydrogens (tertiary/aromatic N) is 2. The number of likely N-dealkylation sites (tertiary alicyclic amines) is 1. The SMILES string of the molecule is O=C(C1CCCC1)N1CCC(Oc2ccc(-c3cnc4ccccc4c3)cc2)CC1. The highest BCUT2D eigenvalue weighted by molar-refractivity contribution is 5.83. The average Bonchev–Trinajstić information content (AvgIpc) is 3.34. The molecule has 2 fully saturated rings. The lowest BCUT2D eigenvalue weighted by Crippen LogP contribution is -2.43. The summed E-state index contributed by atoms with van der Waals surface area (Å²) in [6.45, 7) is 1.64. The molecule has 1 aliphatic carbocycles. The van der Waals surface area contributed by atoms with Crippen LogP contribution in [0.1, 0.15) is 38.5 Å². The number of piperidine rings is 1. The number of hydrogen-bond acceptors (Lipinski definition) is 3. The number of carbonyl (C=O) groups excluding carboxylic acids is 1. The molecular weight excluding hydrogens is 372 g/mol. The van der Waals surface area contributed by atoms with E-state index in [-0.39, 0.29) is 12.0 Å². The van der Waals surface area contributed by atoms with Crippen LogP contribution < -0.4 is 4.74 Å². The number of fused-ring (bicyclic) bond motifs is 1. The van der Waals surface area contributed by atoms with Gasteiger partial charge in [-0.05, 0) is 42.7 Å². The first kappa shape index (κ1) is 19.1. The van der Waals surface area contributed by atoms with Crippen molar-refractivity contribution in [2.24, 2.45) is 5.92 Å². The molecule has 5 rings (SSSR count). The lowest BCUT2D eigenvalue weighted by atomic mass is 10.0. The summed E-state index contributed by atoms with van der Waals surface area (Å²) in [5.41, 5.74) is 3.26. The lowest BCUT2D eigenvalue weighted by molar-refractivity contribution is -0.137. The van der Waals surface area contributed by atoms with Gasteiger partial charge in [0.15, 0.2) is 0 Å². The standard InChI is InChI=1S/C26H28N2O2/c29-26(20-5-1-2-6-20)28-15-13-24(14-16-28)30-23-11-9-19(10-12-23)22-17-21-7-3-4-8-25(21)27-18-22/h3-4,7-12,17-18,20,24H,1-2,5-6,13-16H2. The van der Waals surface area contributed by atoms with Gasteiger partial charge in [-0.1, -0.05) is 43.2 Å². The van der Waals surface area contributed by atoms with E-state index in [4.69, 9.17) is 4.74 Å². The molecule has 0 radical (unpaired) electrons. The largest absolute Gasteiger partial charge is 0.490 e. The first-order valence-electron chi connectivity index (χ1n) is 11.2. The molecule has 1 aromatic heterocycles. The number of ether oxygens (including phenoxy) is 1. The van der Waals surface area contributed by atoms with Crippen LogP contribution in [-0.4, -0.2) is 35.0 Å². The highest BCUT2D eigenvalue weighted by Gasteiger charge is 2.30. The number of benzene rings is 2. The first-order valence-corrected chi connectivity index (χ1v) is 11.2. The lowest BCUT2D eigenvalue weighted by Gasteiger charge is -2.33. The van der Waals surface area contributed by atoms with Crippen molar-refractivity contribution in [3.05, 3.63) is 60.8 Å². The molecule has 0 N–H and O–H groups in total. The summed E-state index contributed by atoms with van der Waals surface area (Å²) in [5, 5.41) is 1.15. The number of carbonyl (C=O) groups is 1. The molecule has 0 atom stereocenters. The Balaban J connectivity index is 1.19. The molecule has 0 spiro atoms. The summed E-state index contributed by atoms with van der Waals surface area (Å²) in [6, 6.07) is 18.6. The van der Waals surface area contributed by atoms with Crippen LogP contribution in [0, 0.1) is 5.92 Å². The van der Waals surface area contributed by atoms with Crippen molar-refractivity contribution in [1.29, 1.82) is 0 Å². The third-order valence-corrected chi connectivity index (χ3v) is 6.54. The normalized spacial score (nSPS) is 18.1. The van der Waals surface area contributed by atoms with Gasteiger partial charge < -0.3 is 9.64 Å². The summed E-state index contributed by atoms with van der Waals surface area (Å²) in [6.07, 6.45) is 8.51. The summed E-state index contributed by atoms with van der Waals surface area (Å²) in [5.74, 6) is 1.55. The predicted molar refractivity (Wildman–Crippen MR) is 119 cm³/mol. The van der Waals surface area contributed by atoms with E-state index < -0.39 is 0 Å². The van der Waals surface area contributed by atoms with Gasteiger partial charge in [0.1, 0.15) is 11.9 Å². The van der Waals surface area contributed by atoms with Gasteiger partial charge in [-0.2, -0.15) is 0 Å². The van der Waals surface area contributed by atoms with Crippen molar-refractivity contribution in [2.45, 2.75) is 44.6 Å². The average molecular weight is 401 g/mol. The van der Waals surface area contributed by atoms with E-state index in [0.29, 0.717) is 5.91 Å². The molecule has 0 unspecified atom stereocenters. The minimum atomic E-state index is 0.186. The number of aromatic nitrogens is 1. The molecular formula is C26H28N2O2. The third kappa shape index (κ3) is 4.04. The zero-order valence-electron chi connectivity index (χ0n) is 17.3. The Bertz CT molecular complexity index is 1020. The van der Waals surface area contributed by atoms with Gasteiger partial charge in [0, 0.05) is 49.0 Å². The summed E-state index contributed by atoms with van der Waals surface area (Å²) in [4.78, 5) is 19.2. The summed E-state index contributed by atoms with van der Waals surface area (Å²) in [7, 11) is 0. The quantitative estimate of drug-likeness (QED) is 0.584. The molecule has 2 heterocycles. The highest BCUT2D eigenvalue weighted by Crippen LogP contribution is 2.29. The van der Waals surface area contributed by atoms with E-state index >= 15 is 0 Å². The number of rotatable bonds is 4. The smallest absolute Gasteiger partial charge is 0.225 e. The summed E-state index contributed by atoms with van der Waals surface area (Å²) < 4.78 is 6.22. The molecule has 30 heavy (non-hydrogen) atoms. The van der Waals surface area contributed by atoms with Crippen molar-refractivity contribution < 1.29 is 9.53 Å². The van der Waals surface area contributed by atoms with Crippen LogP contribution in [0.2, 0.25) is 0 Å². The molecule has 1 saturated carbocycles. The van der Waals surface area contributed by atoms with E-state index in [1.165, 1.54) is 12.8 Å². The van der Waals surface area contributed by atoms with Gasteiger partial charge in [0.25, 0.3) is 0 Å². The van der Waals surface area contributed by atoms with Crippen molar-refractivity contribution >= 4 is 16.8 Å². The van der Waals surface area contributed by atoms with Crippen LogP contribution in [0.3, 0.4) is 0 Å². The van der Waals surface area contributed by atoms with Crippen molar-refractivity contribution in [3.8, 4) is 16.9 Å². The monoisotopic (exact) mass is 400 g/mol. The van der Waals surface area contributed by atoms with E-state index in [0.717, 1.165) is 66.6 Å². The van der Waals surface area contributed by atoms with E-state index in [9.17, 15) is 4.79 Å². The van der Waals surface area contributed by atoms with Crippen LogP contribution in [0.25, 0.3) is 22.0 Å². The first-order chi connectivity index (χ1) is 14.8. The Morgan fingerprint density at radius 3 is 2.40 bits per heavy atom. The topological polar surface area (TPSA) is 42.4 Å². The van der Waals surface area contributed by atoms with Crippen LogP contribution in [0.4, 0.5) is 0 Å². The predicted octanol–water partition coefficient (Wildman–Crippen LogP) is 5.46. The third-order valence-electron chi connectivity index (χ3n) is 6.54. The van der Waals surface area contributed by atoms with E-state index in [1.54, 1.807) is 0 Å². The van der Waals surface area contributed by atoms with Gasteiger partial charge in [-0.3, -0.25) is 9.78 Å². The molecule has 2 aliphatic rings. The van der Waals surface area contributed by atoms with Gasteiger partial charge in [-0.25, -0.2) is 0 Å². The molecule has 3 aromatic rings. The minimum Gasteiger partial charge on any atom is -0.490 e. The Kier molecular flexibility index (Phi) is 5.39. The maximum atomic E-state index is 12.6. The van der Waals surface area contributed by atoms with Gasteiger partial charge in [-0.15, -0.1) is 0 Å². The van der Waals surface area contributed by atoms with Crippen molar-refractivity contribution in [3.63, 3.8) is 0 Å². The van der Waals surface area contributed by atoms with Crippen LogP contribution in [-0.2, 0) is 4.79 Å². The van der Waals surface area contributed by atoms with Crippen molar-refractivity contribution in [2.75, 3.05) is 13.1 Å². The zero-order valence-corrected chi connectivity index (χ0v) is 17.3. The van der Waals surface area contributed by atoms with Crippen LogP contribution >= 0.6 is 0 Å². The second kappa shape index (κ2) is 8.47. The fourth-order valence-electron chi connectivity index (χ4n) is 4.77. The fraction of sp³-hybridized carbons (Fsp3) is 0.385. The molecule has 154 valence electrons. The second-order valence-corrected chi connectivity index (χ2v) is 8.56. The second-order valence-electron chi connectivity index (χ2n) is 8.56. The van der Waals surface area contributed by atoms with Crippen molar-refractivity contribution in [1.82, 2.24) is 9.88 Å². The molecule has 0 bridgehead atoms. The van der Waals surface area contributed by atoms with Crippen LogP contribution in [0.5, 0.6) is 5.75 Å². The molecule has 4 heteroatoms. The van der Waals surface area contributed by atoms with Gasteiger partial charge in [0.2, 0.25) is 5.91 Å². The molecule has 4 nitrogen and oxygen atoms in total. The molecule has 2 aromatic carbocycles.